The quantitative estimate of drug-likeness (QED) is 0.868. The molecular formula is C14H17N3O. The molecular weight excluding hydrogens is 226 g/mol. The van der Waals surface area contributed by atoms with Crippen LogP contribution in [0, 0.1) is 22.7 Å². The van der Waals surface area contributed by atoms with Gasteiger partial charge in [-0.1, -0.05) is 13.0 Å². The SMILES string of the molecule is CCC1c2ccc(N(C)C)cc2OC(=N)C1C#N. The van der Waals surface area contributed by atoms with Crippen molar-refractivity contribution >= 4 is 11.6 Å². The lowest BCUT2D eigenvalue weighted by molar-refractivity contribution is 0.423. The van der Waals surface area contributed by atoms with Gasteiger partial charge in [0.05, 0.1) is 6.07 Å². The summed E-state index contributed by atoms with van der Waals surface area (Å²) in [5, 5.41) is 17.0. The van der Waals surface area contributed by atoms with E-state index >= 15 is 0 Å². The Labute approximate surface area is 107 Å². The summed E-state index contributed by atoms with van der Waals surface area (Å²) >= 11 is 0. The van der Waals surface area contributed by atoms with Crippen molar-refractivity contribution in [2.75, 3.05) is 19.0 Å². The van der Waals surface area contributed by atoms with Crippen molar-refractivity contribution in [3.8, 4) is 11.8 Å². The summed E-state index contributed by atoms with van der Waals surface area (Å²) < 4.78 is 5.49. The first-order chi connectivity index (χ1) is 8.58. The van der Waals surface area contributed by atoms with Crippen LogP contribution in [-0.2, 0) is 0 Å². The van der Waals surface area contributed by atoms with Gasteiger partial charge in [0.25, 0.3) is 0 Å². The van der Waals surface area contributed by atoms with Crippen molar-refractivity contribution in [3.05, 3.63) is 23.8 Å². The highest BCUT2D eigenvalue weighted by Gasteiger charge is 2.34. The number of anilines is 1. The Hall–Kier alpha value is -2.02. The summed E-state index contributed by atoms with van der Waals surface area (Å²) in [5.74, 6) is 0.368. The molecule has 18 heavy (non-hydrogen) atoms. The average Bonchev–Trinajstić information content (AvgIpc) is 2.36. The minimum Gasteiger partial charge on any atom is -0.442 e. The van der Waals surface area contributed by atoms with Crippen molar-refractivity contribution in [2.24, 2.45) is 5.92 Å². The predicted molar refractivity (Wildman–Crippen MR) is 71.3 cm³/mol. The molecule has 0 spiro atoms. The normalized spacial score (nSPS) is 21.8. The summed E-state index contributed by atoms with van der Waals surface area (Å²) in [4.78, 5) is 1.99. The van der Waals surface area contributed by atoms with Gasteiger partial charge in [0.2, 0.25) is 5.90 Å². The fraction of sp³-hybridized carbons (Fsp3) is 0.429. The standard InChI is InChI=1S/C14H17N3O/c1-4-10-11-6-5-9(17(2)3)7-13(11)18-14(16)12(10)8-15/h5-7,10,12,16H,4H2,1-3H3. The van der Waals surface area contributed by atoms with Crippen molar-refractivity contribution in [1.82, 2.24) is 0 Å². The molecule has 0 saturated heterocycles. The van der Waals surface area contributed by atoms with E-state index in [0.29, 0.717) is 5.75 Å². The van der Waals surface area contributed by atoms with Gasteiger partial charge in [-0.05, 0) is 18.1 Å². The van der Waals surface area contributed by atoms with Gasteiger partial charge in [-0.3, -0.25) is 5.41 Å². The van der Waals surface area contributed by atoms with Crippen LogP contribution in [-0.4, -0.2) is 20.0 Å². The summed E-state index contributed by atoms with van der Waals surface area (Å²) in [6.07, 6.45) is 0.832. The maximum atomic E-state index is 9.15. The van der Waals surface area contributed by atoms with Gasteiger partial charge in [0, 0.05) is 31.8 Å². The number of nitrogens with one attached hydrogen (secondary N) is 1. The molecule has 4 nitrogen and oxygen atoms in total. The maximum absolute atomic E-state index is 9.15. The Bertz CT molecular complexity index is 516. The van der Waals surface area contributed by atoms with Gasteiger partial charge in [-0.15, -0.1) is 0 Å². The second kappa shape index (κ2) is 4.69. The smallest absolute Gasteiger partial charge is 0.205 e. The molecule has 0 aliphatic carbocycles. The predicted octanol–water partition coefficient (Wildman–Crippen LogP) is 2.76. The van der Waals surface area contributed by atoms with Gasteiger partial charge >= 0.3 is 0 Å². The third-order valence-electron chi connectivity index (χ3n) is 3.40. The topological polar surface area (TPSA) is 60.1 Å². The maximum Gasteiger partial charge on any atom is 0.205 e. The molecule has 1 N–H and O–H groups in total. The average molecular weight is 243 g/mol. The van der Waals surface area contributed by atoms with Crippen LogP contribution in [0.25, 0.3) is 0 Å². The van der Waals surface area contributed by atoms with Crippen LogP contribution >= 0.6 is 0 Å². The third-order valence-corrected chi connectivity index (χ3v) is 3.40. The van der Waals surface area contributed by atoms with Crippen LogP contribution in [0.5, 0.6) is 5.75 Å². The van der Waals surface area contributed by atoms with Crippen LogP contribution in [0.15, 0.2) is 18.2 Å². The molecule has 0 amide bonds. The Morgan fingerprint density at radius 2 is 2.17 bits per heavy atom. The molecule has 1 aromatic rings. The molecule has 0 radical (unpaired) electrons. The Morgan fingerprint density at radius 1 is 1.44 bits per heavy atom. The fourth-order valence-electron chi connectivity index (χ4n) is 2.34. The fourth-order valence-corrected chi connectivity index (χ4v) is 2.34. The molecule has 2 rings (SSSR count). The largest absolute Gasteiger partial charge is 0.442 e. The highest BCUT2D eigenvalue weighted by atomic mass is 16.5. The number of benzene rings is 1. The lowest BCUT2D eigenvalue weighted by Crippen LogP contribution is -2.30. The first-order valence-corrected chi connectivity index (χ1v) is 6.05. The summed E-state index contributed by atoms with van der Waals surface area (Å²) in [6, 6.07) is 8.14. The summed E-state index contributed by atoms with van der Waals surface area (Å²) in [6.45, 7) is 2.04. The molecule has 4 heteroatoms. The van der Waals surface area contributed by atoms with E-state index in [1.165, 1.54) is 0 Å². The Morgan fingerprint density at radius 3 is 2.72 bits per heavy atom. The number of nitrogens with zero attached hydrogens (tertiary/aromatic N) is 2. The number of hydrogen-bond acceptors (Lipinski definition) is 4. The van der Waals surface area contributed by atoms with E-state index in [4.69, 9.17) is 15.4 Å². The minimum absolute atomic E-state index is 0.0578. The van der Waals surface area contributed by atoms with Crippen molar-refractivity contribution in [2.45, 2.75) is 19.3 Å². The van der Waals surface area contributed by atoms with Crippen molar-refractivity contribution in [1.29, 1.82) is 10.7 Å². The molecule has 0 aromatic heterocycles. The monoisotopic (exact) mass is 243 g/mol. The van der Waals surface area contributed by atoms with Crippen molar-refractivity contribution < 1.29 is 4.74 Å². The van der Waals surface area contributed by atoms with E-state index in [9.17, 15) is 0 Å². The van der Waals surface area contributed by atoms with E-state index in [2.05, 4.69) is 6.07 Å². The molecule has 1 heterocycles. The number of nitriles is 1. The highest BCUT2D eigenvalue weighted by molar-refractivity contribution is 5.84. The molecule has 1 aromatic carbocycles. The van der Waals surface area contributed by atoms with Crippen LogP contribution in [0.4, 0.5) is 5.69 Å². The lowest BCUT2D eigenvalue weighted by atomic mass is 9.82. The zero-order valence-electron chi connectivity index (χ0n) is 10.9. The second-order valence-corrected chi connectivity index (χ2v) is 4.70. The van der Waals surface area contributed by atoms with Gasteiger partial charge in [0.1, 0.15) is 11.7 Å². The Kier molecular flexibility index (Phi) is 3.24. The Balaban J connectivity index is 2.49. The molecule has 2 atom stereocenters. The van der Waals surface area contributed by atoms with Gasteiger partial charge < -0.3 is 9.64 Å². The zero-order valence-corrected chi connectivity index (χ0v) is 10.9. The van der Waals surface area contributed by atoms with Crippen LogP contribution < -0.4 is 9.64 Å². The molecule has 0 fully saturated rings. The van der Waals surface area contributed by atoms with E-state index < -0.39 is 5.92 Å². The first-order valence-electron chi connectivity index (χ1n) is 6.05. The van der Waals surface area contributed by atoms with Gasteiger partial charge in [-0.25, -0.2) is 0 Å². The van der Waals surface area contributed by atoms with Gasteiger partial charge in [-0.2, -0.15) is 5.26 Å². The number of hydrogen-bond donors (Lipinski definition) is 1. The van der Waals surface area contributed by atoms with Crippen LogP contribution in [0.2, 0.25) is 0 Å². The third kappa shape index (κ3) is 1.92. The van der Waals surface area contributed by atoms with E-state index in [-0.39, 0.29) is 11.8 Å². The van der Waals surface area contributed by atoms with E-state index in [1.54, 1.807) is 0 Å². The van der Waals surface area contributed by atoms with Crippen molar-refractivity contribution in [3.63, 3.8) is 0 Å². The van der Waals surface area contributed by atoms with Crippen LogP contribution in [0.3, 0.4) is 0 Å². The van der Waals surface area contributed by atoms with Gasteiger partial charge in [0.15, 0.2) is 0 Å². The summed E-state index contributed by atoms with van der Waals surface area (Å²) in [7, 11) is 3.93. The number of rotatable bonds is 2. The molecule has 2 unspecified atom stereocenters. The molecule has 94 valence electrons. The second-order valence-electron chi connectivity index (χ2n) is 4.70. The zero-order chi connectivity index (χ0) is 13.3. The first kappa shape index (κ1) is 12.4. The summed E-state index contributed by atoms with van der Waals surface area (Å²) in [5.41, 5.74) is 2.07. The lowest BCUT2D eigenvalue weighted by Gasteiger charge is -2.30. The molecule has 1 aliphatic rings. The van der Waals surface area contributed by atoms with E-state index in [0.717, 1.165) is 17.7 Å². The number of ether oxygens (including phenoxy) is 1. The molecule has 1 aliphatic heterocycles. The minimum atomic E-state index is -0.465. The number of fused-ring (bicyclic) bond motifs is 1. The van der Waals surface area contributed by atoms with Crippen LogP contribution in [0.1, 0.15) is 24.8 Å². The highest BCUT2D eigenvalue weighted by Crippen LogP contribution is 2.41. The molecule has 0 saturated carbocycles. The molecule has 0 bridgehead atoms. The van der Waals surface area contributed by atoms with E-state index in [1.807, 2.05) is 44.1 Å².